The molecule has 268 valence electrons. The largest absolute Gasteiger partial charge is 0.490 e. The number of alkyl halides is 3. The average molecular weight is 730 g/mol. The van der Waals surface area contributed by atoms with Crippen molar-refractivity contribution < 1.29 is 56.1 Å². The molecule has 6 N–H and O–H groups in total. The molecule has 1 aliphatic heterocycles. The molecule has 3 aromatic rings. The van der Waals surface area contributed by atoms with Gasteiger partial charge in [0.15, 0.2) is 24.0 Å². The van der Waals surface area contributed by atoms with Gasteiger partial charge in [0.05, 0.1) is 22.5 Å². The molecule has 20 heteroatoms. The van der Waals surface area contributed by atoms with Crippen LogP contribution in [0.15, 0.2) is 36.5 Å². The minimum absolute atomic E-state index is 0.0418. The molecule has 0 atom stereocenters. The fraction of sp³-hybridized carbons (Fsp3) is 0.333. The summed E-state index contributed by atoms with van der Waals surface area (Å²) in [5.41, 5.74) is -1.11. The normalized spacial score (nSPS) is 13.6. The van der Waals surface area contributed by atoms with Crippen LogP contribution in [0.25, 0.3) is 11.3 Å². The molecule has 50 heavy (non-hydrogen) atoms. The van der Waals surface area contributed by atoms with Crippen LogP contribution in [0.4, 0.5) is 27.6 Å². The van der Waals surface area contributed by atoms with Crippen molar-refractivity contribution in [3.63, 3.8) is 0 Å². The molecular weight excluding hydrogens is 701 g/mol. The Morgan fingerprint density at radius 2 is 1.72 bits per heavy atom. The Hall–Kier alpha value is -5.32. The summed E-state index contributed by atoms with van der Waals surface area (Å²) in [6.45, 7) is 0.819. The number of carbonyl (C=O) groups excluding carboxylic acids is 3. The second-order valence-electron chi connectivity index (χ2n) is 10.5. The van der Waals surface area contributed by atoms with Gasteiger partial charge in [0.1, 0.15) is 11.7 Å². The van der Waals surface area contributed by atoms with Crippen LogP contribution in [-0.4, -0.2) is 88.0 Å². The molecule has 3 amide bonds. The Morgan fingerprint density at radius 3 is 2.32 bits per heavy atom. The first kappa shape index (κ1) is 39.1. The fourth-order valence-corrected chi connectivity index (χ4v) is 4.73. The summed E-state index contributed by atoms with van der Waals surface area (Å²) in [6.07, 6.45) is -3.27. The molecule has 0 spiro atoms. The number of hydrogen-bond donors (Lipinski definition) is 6. The number of aliphatic hydroxyl groups is 1. The molecule has 1 aliphatic rings. The molecule has 1 fully saturated rings. The first-order valence-corrected chi connectivity index (χ1v) is 14.8. The highest BCUT2D eigenvalue weighted by Gasteiger charge is 2.38. The maximum Gasteiger partial charge on any atom is 0.490 e. The predicted octanol–water partition coefficient (Wildman–Crippen LogP) is 2.77. The maximum absolute atomic E-state index is 14.7. The number of piperidine rings is 1. The van der Waals surface area contributed by atoms with E-state index in [0.717, 1.165) is 0 Å². The highest BCUT2D eigenvalue weighted by atomic mass is 35.5. The van der Waals surface area contributed by atoms with Gasteiger partial charge in [0.25, 0.3) is 17.7 Å². The van der Waals surface area contributed by atoms with Gasteiger partial charge in [-0.3, -0.25) is 14.4 Å². The lowest BCUT2D eigenvalue weighted by molar-refractivity contribution is -0.192. The summed E-state index contributed by atoms with van der Waals surface area (Å²) >= 11 is 6.28. The Kier molecular flexibility index (Phi) is 13.2. The number of halogens is 6. The molecule has 14 nitrogen and oxygen atoms in total. The van der Waals surface area contributed by atoms with Crippen LogP contribution in [0, 0.1) is 23.0 Å². The standard InChI is InChI=1S/C28H28ClF2N7O5.C2HF3O2/c1-38-20(18-4-5-21(43-13-8-32)23(31)22(18)30)15-36-24(38)26(40)37-16-2-3-17(19(29)14-16)25(39)34-11-12-35-27(41)28(42)6-9-33-10-7-28;3-2(4,5)1(6)7/h2-5,14-15,33,42H,6-7,9-13H2,1H3,(H,34,39)(H,35,41)(H,37,40);(H,6,7). The van der Waals surface area contributed by atoms with Crippen LogP contribution in [0.3, 0.4) is 0 Å². The molecule has 0 radical (unpaired) electrons. The van der Waals surface area contributed by atoms with E-state index in [0.29, 0.717) is 25.9 Å². The lowest BCUT2D eigenvalue weighted by atomic mass is 9.91. The van der Waals surface area contributed by atoms with E-state index in [-0.39, 0.29) is 46.4 Å². The summed E-state index contributed by atoms with van der Waals surface area (Å²) < 4.78 is 67.0. The number of imidazole rings is 1. The summed E-state index contributed by atoms with van der Waals surface area (Å²) in [4.78, 5) is 50.7. The van der Waals surface area contributed by atoms with Gasteiger partial charge >= 0.3 is 12.1 Å². The number of rotatable bonds is 10. The molecule has 4 rings (SSSR count). The Balaban J connectivity index is 0.000000872. The minimum Gasteiger partial charge on any atom is -0.476 e. The third-order valence-corrected chi connectivity index (χ3v) is 7.38. The number of aliphatic carboxylic acids is 1. The van der Waals surface area contributed by atoms with Crippen LogP contribution in [0.1, 0.15) is 33.8 Å². The van der Waals surface area contributed by atoms with E-state index in [4.69, 9.17) is 31.5 Å². The van der Waals surface area contributed by atoms with Gasteiger partial charge in [-0.05, 0) is 56.3 Å². The van der Waals surface area contributed by atoms with Gasteiger partial charge in [-0.1, -0.05) is 11.6 Å². The summed E-state index contributed by atoms with van der Waals surface area (Å²) in [6, 6.07) is 8.31. The fourth-order valence-electron chi connectivity index (χ4n) is 4.47. The predicted molar refractivity (Wildman–Crippen MR) is 165 cm³/mol. The van der Waals surface area contributed by atoms with Crippen LogP contribution in [-0.2, 0) is 16.6 Å². The van der Waals surface area contributed by atoms with Gasteiger partial charge in [0, 0.05) is 31.4 Å². The van der Waals surface area contributed by atoms with Crippen molar-refractivity contribution in [2.45, 2.75) is 24.6 Å². The van der Waals surface area contributed by atoms with Crippen molar-refractivity contribution in [2.75, 3.05) is 38.1 Å². The molecule has 1 aromatic heterocycles. The van der Waals surface area contributed by atoms with Crippen molar-refractivity contribution in [1.29, 1.82) is 5.26 Å². The van der Waals surface area contributed by atoms with Gasteiger partial charge in [-0.2, -0.15) is 22.8 Å². The van der Waals surface area contributed by atoms with Crippen LogP contribution < -0.4 is 26.0 Å². The molecule has 0 unspecified atom stereocenters. The smallest absolute Gasteiger partial charge is 0.476 e. The highest BCUT2D eigenvalue weighted by molar-refractivity contribution is 6.34. The molecular formula is C30H29ClF5N7O7. The lowest BCUT2D eigenvalue weighted by Gasteiger charge is -2.31. The van der Waals surface area contributed by atoms with Crippen LogP contribution in [0.2, 0.25) is 5.02 Å². The minimum atomic E-state index is -5.08. The Labute approximate surface area is 285 Å². The van der Waals surface area contributed by atoms with Gasteiger partial charge in [-0.15, -0.1) is 0 Å². The highest BCUT2D eigenvalue weighted by Crippen LogP contribution is 2.30. The average Bonchev–Trinajstić information content (AvgIpc) is 3.44. The first-order chi connectivity index (χ1) is 23.5. The zero-order chi connectivity index (χ0) is 37.2. The number of aromatic nitrogens is 2. The lowest BCUT2D eigenvalue weighted by Crippen LogP contribution is -2.53. The van der Waals surface area contributed by atoms with Crippen molar-refractivity contribution in [2.24, 2.45) is 7.05 Å². The Morgan fingerprint density at radius 1 is 1.08 bits per heavy atom. The Bertz CT molecular complexity index is 1790. The van der Waals surface area contributed by atoms with E-state index in [1.807, 2.05) is 0 Å². The number of carboxylic acid groups (broad SMARTS) is 1. The second-order valence-corrected chi connectivity index (χ2v) is 10.9. The van der Waals surface area contributed by atoms with E-state index in [2.05, 4.69) is 26.3 Å². The first-order valence-electron chi connectivity index (χ1n) is 14.4. The van der Waals surface area contributed by atoms with Crippen molar-refractivity contribution in [3.8, 4) is 23.1 Å². The van der Waals surface area contributed by atoms with E-state index < -0.39 is 59.5 Å². The number of ether oxygens (including phenoxy) is 1. The van der Waals surface area contributed by atoms with Gasteiger partial charge in [0.2, 0.25) is 5.82 Å². The second kappa shape index (κ2) is 16.9. The summed E-state index contributed by atoms with van der Waals surface area (Å²) in [5.74, 6) is -7.48. The van der Waals surface area contributed by atoms with Crippen LogP contribution >= 0.6 is 11.6 Å². The zero-order valence-electron chi connectivity index (χ0n) is 26.0. The SMILES string of the molecule is Cn1c(-c2ccc(OCC#N)c(F)c2F)cnc1C(=O)Nc1ccc(C(=O)NCCNC(=O)C2(O)CCNCC2)c(Cl)c1.O=C(O)C(F)(F)F. The third-order valence-electron chi connectivity index (χ3n) is 7.07. The number of benzene rings is 2. The van der Waals surface area contributed by atoms with Crippen LogP contribution in [0.5, 0.6) is 5.75 Å². The van der Waals surface area contributed by atoms with Crippen molar-refractivity contribution in [3.05, 3.63) is 64.6 Å². The molecule has 2 aromatic carbocycles. The number of carbonyl (C=O) groups is 4. The maximum atomic E-state index is 14.7. The topological polar surface area (TPSA) is 208 Å². The third kappa shape index (κ3) is 9.87. The van der Waals surface area contributed by atoms with Crippen molar-refractivity contribution in [1.82, 2.24) is 25.5 Å². The van der Waals surface area contributed by atoms with E-state index in [9.17, 15) is 41.4 Å². The molecule has 2 heterocycles. The number of amides is 3. The summed E-state index contributed by atoms with van der Waals surface area (Å²) in [5, 5.41) is 37.1. The number of nitriles is 1. The van der Waals surface area contributed by atoms with E-state index in [1.54, 1.807) is 6.07 Å². The number of anilines is 1. The number of nitrogens with zero attached hydrogens (tertiary/aromatic N) is 3. The quantitative estimate of drug-likeness (QED) is 0.133. The summed E-state index contributed by atoms with van der Waals surface area (Å²) in [7, 11) is 1.45. The molecule has 0 saturated carbocycles. The van der Waals surface area contributed by atoms with Gasteiger partial charge < -0.3 is 40.8 Å². The molecule has 1 saturated heterocycles. The van der Waals surface area contributed by atoms with Crippen molar-refractivity contribution >= 4 is 41.0 Å². The number of carboxylic acids is 1. The number of hydrogen-bond acceptors (Lipinski definition) is 9. The molecule has 0 bridgehead atoms. The van der Waals surface area contributed by atoms with E-state index >= 15 is 0 Å². The number of nitrogens with one attached hydrogen (secondary N) is 4. The monoisotopic (exact) mass is 729 g/mol. The van der Waals surface area contributed by atoms with Gasteiger partial charge in [-0.25, -0.2) is 14.2 Å². The molecule has 0 aliphatic carbocycles. The zero-order valence-corrected chi connectivity index (χ0v) is 26.7. The van der Waals surface area contributed by atoms with E-state index in [1.165, 1.54) is 48.1 Å².